The summed E-state index contributed by atoms with van der Waals surface area (Å²) in [6.07, 6.45) is 1.94. The summed E-state index contributed by atoms with van der Waals surface area (Å²) in [6, 6.07) is 2.04. The summed E-state index contributed by atoms with van der Waals surface area (Å²) in [5.41, 5.74) is 0. The summed E-state index contributed by atoms with van der Waals surface area (Å²) in [4.78, 5) is 8.25. The van der Waals surface area contributed by atoms with Crippen LogP contribution in [0, 0.1) is 0 Å². The molecule has 1 aromatic heterocycles. The largest absolute Gasteiger partial charge is 0.475 e. The van der Waals surface area contributed by atoms with Gasteiger partial charge in [-0.3, -0.25) is 0 Å². The predicted molar refractivity (Wildman–Crippen MR) is 70.5 cm³/mol. The van der Waals surface area contributed by atoms with Crippen LogP contribution in [0.15, 0.2) is 12.3 Å². The SMILES string of the molecule is CC(C)Oc1ccnc(OCC2CNCC(C)O2)n1. The first kappa shape index (κ1) is 14.0. The van der Waals surface area contributed by atoms with Crippen LogP contribution in [0.2, 0.25) is 0 Å². The van der Waals surface area contributed by atoms with Crippen molar-refractivity contribution < 1.29 is 14.2 Å². The highest BCUT2D eigenvalue weighted by molar-refractivity contribution is 5.11. The number of morpholine rings is 1. The molecular weight excluding hydrogens is 246 g/mol. The van der Waals surface area contributed by atoms with E-state index in [1.54, 1.807) is 12.3 Å². The summed E-state index contributed by atoms with van der Waals surface area (Å²) < 4.78 is 16.8. The first-order valence-electron chi connectivity index (χ1n) is 6.62. The molecule has 6 heteroatoms. The molecule has 0 spiro atoms. The Kier molecular flexibility index (Phi) is 4.93. The van der Waals surface area contributed by atoms with Crippen LogP contribution >= 0.6 is 0 Å². The molecular formula is C13H21N3O3. The Hall–Kier alpha value is -1.40. The lowest BCUT2D eigenvalue weighted by Gasteiger charge is -2.28. The van der Waals surface area contributed by atoms with Gasteiger partial charge in [0.15, 0.2) is 0 Å². The standard InChI is InChI=1S/C13H21N3O3/c1-9(2)18-12-4-5-15-13(16-12)17-8-11-7-14-6-10(3)19-11/h4-5,9-11,14H,6-8H2,1-3H3. The third kappa shape index (κ3) is 4.65. The molecule has 2 heterocycles. The van der Waals surface area contributed by atoms with E-state index in [0.717, 1.165) is 13.1 Å². The predicted octanol–water partition coefficient (Wildman–Crippen LogP) is 1.02. The van der Waals surface area contributed by atoms with Gasteiger partial charge in [0.05, 0.1) is 12.2 Å². The maximum absolute atomic E-state index is 5.73. The summed E-state index contributed by atoms with van der Waals surface area (Å²) in [5.74, 6) is 0.524. The van der Waals surface area contributed by atoms with E-state index < -0.39 is 0 Å². The van der Waals surface area contributed by atoms with Crippen molar-refractivity contribution in [2.24, 2.45) is 0 Å². The summed E-state index contributed by atoms with van der Waals surface area (Å²) in [5, 5.41) is 3.29. The van der Waals surface area contributed by atoms with E-state index in [0.29, 0.717) is 18.5 Å². The Labute approximate surface area is 113 Å². The van der Waals surface area contributed by atoms with Crippen LogP contribution in [0.1, 0.15) is 20.8 Å². The molecule has 0 saturated carbocycles. The molecule has 1 aliphatic rings. The van der Waals surface area contributed by atoms with Crippen molar-refractivity contribution in [3.63, 3.8) is 0 Å². The first-order chi connectivity index (χ1) is 9.13. The molecule has 0 radical (unpaired) electrons. The molecule has 1 aliphatic heterocycles. The van der Waals surface area contributed by atoms with Gasteiger partial charge in [-0.1, -0.05) is 0 Å². The van der Waals surface area contributed by atoms with Crippen LogP contribution in [0.3, 0.4) is 0 Å². The number of rotatable bonds is 5. The molecule has 0 aliphatic carbocycles. The lowest BCUT2D eigenvalue weighted by Crippen LogP contribution is -2.45. The van der Waals surface area contributed by atoms with Gasteiger partial charge in [0.2, 0.25) is 5.88 Å². The minimum Gasteiger partial charge on any atom is -0.475 e. The van der Waals surface area contributed by atoms with E-state index in [1.165, 1.54) is 0 Å². The van der Waals surface area contributed by atoms with Crippen molar-refractivity contribution in [1.82, 2.24) is 15.3 Å². The molecule has 19 heavy (non-hydrogen) atoms. The average molecular weight is 267 g/mol. The molecule has 106 valence electrons. The van der Waals surface area contributed by atoms with Crippen molar-refractivity contribution in [3.05, 3.63) is 12.3 Å². The average Bonchev–Trinajstić information content (AvgIpc) is 2.36. The molecule has 2 atom stereocenters. The zero-order chi connectivity index (χ0) is 13.7. The van der Waals surface area contributed by atoms with Crippen molar-refractivity contribution in [3.8, 4) is 11.9 Å². The van der Waals surface area contributed by atoms with Crippen molar-refractivity contribution in [1.29, 1.82) is 0 Å². The summed E-state index contributed by atoms with van der Waals surface area (Å²) in [6.45, 7) is 8.03. The normalized spacial score (nSPS) is 23.4. The van der Waals surface area contributed by atoms with Gasteiger partial charge in [-0.15, -0.1) is 0 Å². The third-order valence-corrected chi connectivity index (χ3v) is 2.59. The lowest BCUT2D eigenvalue weighted by atomic mass is 10.2. The second-order valence-electron chi connectivity index (χ2n) is 4.88. The number of nitrogens with zero attached hydrogens (tertiary/aromatic N) is 2. The van der Waals surface area contributed by atoms with Crippen LogP contribution in [0.4, 0.5) is 0 Å². The van der Waals surface area contributed by atoms with Gasteiger partial charge in [-0.05, 0) is 20.8 Å². The van der Waals surface area contributed by atoms with Crippen LogP contribution in [-0.4, -0.2) is 48.0 Å². The zero-order valence-electron chi connectivity index (χ0n) is 11.6. The van der Waals surface area contributed by atoms with Gasteiger partial charge in [-0.2, -0.15) is 4.98 Å². The Morgan fingerprint density at radius 2 is 2.32 bits per heavy atom. The summed E-state index contributed by atoms with van der Waals surface area (Å²) >= 11 is 0. The van der Waals surface area contributed by atoms with Gasteiger partial charge in [-0.25, -0.2) is 4.98 Å². The maximum Gasteiger partial charge on any atom is 0.319 e. The van der Waals surface area contributed by atoms with E-state index in [9.17, 15) is 0 Å². The number of hydrogen-bond acceptors (Lipinski definition) is 6. The van der Waals surface area contributed by atoms with Crippen molar-refractivity contribution >= 4 is 0 Å². The van der Waals surface area contributed by atoms with Crippen LogP contribution in [0.5, 0.6) is 11.9 Å². The second-order valence-corrected chi connectivity index (χ2v) is 4.88. The number of nitrogens with one attached hydrogen (secondary N) is 1. The quantitative estimate of drug-likeness (QED) is 0.859. The van der Waals surface area contributed by atoms with E-state index in [1.807, 2.05) is 20.8 Å². The number of hydrogen-bond donors (Lipinski definition) is 1. The van der Waals surface area contributed by atoms with Crippen LogP contribution in [-0.2, 0) is 4.74 Å². The van der Waals surface area contributed by atoms with Crippen LogP contribution < -0.4 is 14.8 Å². The smallest absolute Gasteiger partial charge is 0.319 e. The fourth-order valence-corrected chi connectivity index (χ4v) is 1.84. The summed E-state index contributed by atoms with van der Waals surface area (Å²) in [7, 11) is 0. The minimum absolute atomic E-state index is 0.0297. The van der Waals surface area contributed by atoms with E-state index >= 15 is 0 Å². The first-order valence-corrected chi connectivity index (χ1v) is 6.62. The molecule has 1 aromatic rings. The van der Waals surface area contributed by atoms with E-state index in [2.05, 4.69) is 15.3 Å². The molecule has 1 saturated heterocycles. The van der Waals surface area contributed by atoms with Gasteiger partial charge < -0.3 is 19.5 Å². The molecule has 0 amide bonds. The van der Waals surface area contributed by atoms with Crippen LogP contribution in [0.25, 0.3) is 0 Å². The third-order valence-electron chi connectivity index (χ3n) is 2.59. The Morgan fingerprint density at radius 1 is 1.47 bits per heavy atom. The highest BCUT2D eigenvalue weighted by atomic mass is 16.5. The molecule has 1 fully saturated rings. The Balaban J connectivity index is 1.85. The van der Waals surface area contributed by atoms with E-state index in [-0.39, 0.29) is 18.3 Å². The maximum atomic E-state index is 5.73. The Morgan fingerprint density at radius 3 is 3.05 bits per heavy atom. The molecule has 0 bridgehead atoms. The number of ether oxygens (including phenoxy) is 3. The van der Waals surface area contributed by atoms with E-state index in [4.69, 9.17) is 14.2 Å². The highest BCUT2D eigenvalue weighted by Gasteiger charge is 2.19. The van der Waals surface area contributed by atoms with Crippen molar-refractivity contribution in [2.75, 3.05) is 19.7 Å². The monoisotopic (exact) mass is 267 g/mol. The van der Waals surface area contributed by atoms with Gasteiger partial charge >= 0.3 is 6.01 Å². The Bertz CT molecular complexity index is 400. The zero-order valence-corrected chi connectivity index (χ0v) is 11.6. The molecule has 1 N–H and O–H groups in total. The fourth-order valence-electron chi connectivity index (χ4n) is 1.84. The van der Waals surface area contributed by atoms with Gasteiger partial charge in [0.25, 0.3) is 0 Å². The molecule has 2 unspecified atom stereocenters. The fraction of sp³-hybridized carbons (Fsp3) is 0.692. The molecule has 2 rings (SSSR count). The van der Waals surface area contributed by atoms with Gasteiger partial charge in [0, 0.05) is 25.4 Å². The van der Waals surface area contributed by atoms with Gasteiger partial charge in [0.1, 0.15) is 12.7 Å². The lowest BCUT2D eigenvalue weighted by molar-refractivity contribution is -0.0484. The minimum atomic E-state index is 0.0297. The topological polar surface area (TPSA) is 65.5 Å². The highest BCUT2D eigenvalue weighted by Crippen LogP contribution is 2.12. The number of aromatic nitrogens is 2. The molecule has 6 nitrogen and oxygen atoms in total. The molecule has 0 aromatic carbocycles. The second kappa shape index (κ2) is 6.68. The van der Waals surface area contributed by atoms with Crippen molar-refractivity contribution in [2.45, 2.75) is 39.1 Å².